The third-order valence-electron chi connectivity index (χ3n) is 3.52. The molecule has 2 amide bonds. The average molecular weight is 376 g/mol. The van der Waals surface area contributed by atoms with Crippen LogP contribution in [-0.4, -0.2) is 37.0 Å². The van der Waals surface area contributed by atoms with Crippen molar-refractivity contribution >= 4 is 21.9 Å². The van der Waals surface area contributed by atoms with E-state index in [-0.39, 0.29) is 4.90 Å². The van der Waals surface area contributed by atoms with E-state index in [0.717, 1.165) is 11.8 Å². The number of hydroxylamine groups is 2. The minimum absolute atomic E-state index is 0.221. The predicted octanol–water partition coefficient (Wildman–Crippen LogP) is 3.05. The molecule has 1 atom stereocenters. The fourth-order valence-electron chi connectivity index (χ4n) is 2.11. The van der Waals surface area contributed by atoms with Crippen molar-refractivity contribution in [2.45, 2.75) is 17.9 Å². The summed E-state index contributed by atoms with van der Waals surface area (Å²) in [7, 11) is -3.25. The Morgan fingerprint density at radius 1 is 1.19 bits per heavy atom. The zero-order valence-corrected chi connectivity index (χ0v) is 15.2. The summed E-state index contributed by atoms with van der Waals surface area (Å²) in [4.78, 5) is 11.1. The minimum Gasteiger partial charge on any atom is -0.457 e. The molecule has 1 unspecified atom stereocenters. The number of hydrogen-bond donors (Lipinski definition) is 2. The first kappa shape index (κ1) is 19.5. The molecule has 0 aliphatic rings. The molecule has 0 aliphatic heterocycles. The lowest BCUT2D eigenvalue weighted by Crippen LogP contribution is -2.38. The van der Waals surface area contributed by atoms with Crippen LogP contribution < -0.4 is 10.5 Å². The monoisotopic (exact) mass is 376 g/mol. The van der Waals surface area contributed by atoms with Crippen LogP contribution in [0.3, 0.4) is 0 Å². The number of nitrogens with two attached hydrogens (primary N) is 1. The van der Waals surface area contributed by atoms with E-state index in [9.17, 15) is 18.4 Å². The molecule has 0 fully saturated rings. The van der Waals surface area contributed by atoms with E-state index < -0.39 is 21.9 Å². The lowest BCUT2D eigenvalue weighted by Gasteiger charge is -2.16. The highest BCUT2D eigenvalue weighted by molar-refractivity contribution is 7.90. The standard InChI is InChI=1S/C18H20N2O5S/c1-13(20(22)18(19)21)6-7-14-4-3-5-16(12-14)25-15-8-10-17(11-9-15)26(2,23)24/h3-13,22H,1-2H3,(H2,19,21)/b7-6+. The number of rotatable bonds is 6. The van der Waals surface area contributed by atoms with E-state index in [4.69, 9.17) is 10.5 Å². The lowest BCUT2D eigenvalue weighted by atomic mass is 10.1. The Labute approximate surface area is 152 Å². The van der Waals surface area contributed by atoms with Crippen molar-refractivity contribution in [1.82, 2.24) is 5.06 Å². The van der Waals surface area contributed by atoms with Crippen LogP contribution in [0.15, 0.2) is 59.5 Å². The lowest BCUT2D eigenvalue weighted by molar-refractivity contribution is -0.0560. The van der Waals surface area contributed by atoms with Gasteiger partial charge >= 0.3 is 6.03 Å². The molecule has 0 radical (unpaired) electrons. The first-order valence-electron chi connectivity index (χ1n) is 7.70. The number of hydrogen-bond acceptors (Lipinski definition) is 5. The maximum atomic E-state index is 11.5. The van der Waals surface area contributed by atoms with Gasteiger partial charge in [-0.05, 0) is 48.9 Å². The quantitative estimate of drug-likeness (QED) is 0.595. The number of sulfone groups is 1. The Bertz CT molecular complexity index is 907. The Balaban J connectivity index is 2.11. The van der Waals surface area contributed by atoms with Crippen LogP contribution in [0.4, 0.5) is 4.79 Å². The molecule has 2 aromatic rings. The van der Waals surface area contributed by atoms with Gasteiger partial charge in [-0.3, -0.25) is 5.21 Å². The Kier molecular flexibility index (Phi) is 6.01. The Hall–Kier alpha value is -2.84. The van der Waals surface area contributed by atoms with E-state index in [0.29, 0.717) is 16.6 Å². The van der Waals surface area contributed by atoms with E-state index in [2.05, 4.69) is 0 Å². The maximum absolute atomic E-state index is 11.5. The first-order chi connectivity index (χ1) is 12.2. The van der Waals surface area contributed by atoms with E-state index in [1.165, 1.54) is 12.1 Å². The fraction of sp³-hybridized carbons (Fsp3) is 0.167. The summed E-state index contributed by atoms with van der Waals surface area (Å²) in [5.74, 6) is 1.06. The Morgan fingerprint density at radius 2 is 1.85 bits per heavy atom. The van der Waals surface area contributed by atoms with Crippen LogP contribution >= 0.6 is 0 Å². The van der Waals surface area contributed by atoms with Crippen molar-refractivity contribution in [3.8, 4) is 11.5 Å². The van der Waals surface area contributed by atoms with Gasteiger partial charge in [0.25, 0.3) is 0 Å². The van der Waals surface area contributed by atoms with Crippen LogP contribution in [0.5, 0.6) is 11.5 Å². The molecule has 8 heteroatoms. The van der Waals surface area contributed by atoms with Gasteiger partial charge in [-0.2, -0.15) is 5.06 Å². The van der Waals surface area contributed by atoms with Gasteiger partial charge in [-0.25, -0.2) is 13.2 Å². The number of primary amides is 1. The molecule has 0 bridgehead atoms. The van der Waals surface area contributed by atoms with Gasteiger partial charge in [0.15, 0.2) is 9.84 Å². The number of benzene rings is 2. The van der Waals surface area contributed by atoms with Crippen molar-refractivity contribution in [3.63, 3.8) is 0 Å². The molecule has 0 spiro atoms. The van der Waals surface area contributed by atoms with Gasteiger partial charge in [-0.15, -0.1) is 0 Å². The molecule has 2 rings (SSSR count). The van der Waals surface area contributed by atoms with Crippen molar-refractivity contribution < 1.29 is 23.2 Å². The zero-order chi connectivity index (χ0) is 19.3. The average Bonchev–Trinajstić information content (AvgIpc) is 2.59. The van der Waals surface area contributed by atoms with Crippen LogP contribution in [-0.2, 0) is 9.84 Å². The molecule has 0 aliphatic carbocycles. The molecule has 0 saturated carbocycles. The molecular formula is C18H20N2O5S. The van der Waals surface area contributed by atoms with Crippen LogP contribution in [0, 0.1) is 0 Å². The van der Waals surface area contributed by atoms with E-state index in [1.807, 2.05) is 6.07 Å². The molecule has 26 heavy (non-hydrogen) atoms. The summed E-state index contributed by atoms with van der Waals surface area (Å²) in [6.07, 6.45) is 4.48. The summed E-state index contributed by atoms with van der Waals surface area (Å²) < 4.78 is 28.6. The molecule has 0 saturated heterocycles. The van der Waals surface area contributed by atoms with Crippen molar-refractivity contribution in [1.29, 1.82) is 0 Å². The zero-order valence-electron chi connectivity index (χ0n) is 14.4. The van der Waals surface area contributed by atoms with Gasteiger partial charge < -0.3 is 10.5 Å². The maximum Gasteiger partial charge on any atom is 0.339 e. The second kappa shape index (κ2) is 8.03. The predicted molar refractivity (Wildman–Crippen MR) is 97.8 cm³/mol. The van der Waals surface area contributed by atoms with Gasteiger partial charge in [0, 0.05) is 6.26 Å². The molecular weight excluding hydrogens is 356 g/mol. The number of amides is 2. The van der Waals surface area contributed by atoms with Gasteiger partial charge in [0.1, 0.15) is 11.5 Å². The minimum atomic E-state index is -3.25. The van der Waals surface area contributed by atoms with Gasteiger partial charge in [0.2, 0.25) is 0 Å². The van der Waals surface area contributed by atoms with Crippen LogP contribution in [0.2, 0.25) is 0 Å². The second-order valence-corrected chi connectivity index (χ2v) is 7.72. The molecule has 0 heterocycles. The van der Waals surface area contributed by atoms with Crippen molar-refractivity contribution in [2.24, 2.45) is 5.73 Å². The summed E-state index contributed by atoms with van der Waals surface area (Å²) >= 11 is 0. The topological polar surface area (TPSA) is 110 Å². The van der Waals surface area contributed by atoms with Gasteiger partial charge in [-0.1, -0.05) is 24.3 Å². The highest BCUT2D eigenvalue weighted by Gasteiger charge is 2.11. The normalized spacial score (nSPS) is 12.7. The molecule has 2 aromatic carbocycles. The van der Waals surface area contributed by atoms with Crippen molar-refractivity contribution in [3.05, 3.63) is 60.2 Å². The number of nitrogens with zero attached hydrogens (tertiary/aromatic N) is 1. The number of ether oxygens (including phenoxy) is 1. The highest BCUT2D eigenvalue weighted by atomic mass is 32.2. The fourth-order valence-corrected chi connectivity index (χ4v) is 2.74. The third-order valence-corrected chi connectivity index (χ3v) is 4.65. The number of carbonyl (C=O) groups excluding carboxylic acids is 1. The molecule has 3 N–H and O–H groups in total. The molecule has 0 aromatic heterocycles. The van der Waals surface area contributed by atoms with Crippen LogP contribution in [0.1, 0.15) is 12.5 Å². The highest BCUT2D eigenvalue weighted by Crippen LogP contribution is 2.24. The summed E-state index contributed by atoms with van der Waals surface area (Å²) in [6, 6.07) is 11.7. The largest absolute Gasteiger partial charge is 0.457 e. The van der Waals surface area contributed by atoms with E-state index >= 15 is 0 Å². The van der Waals surface area contributed by atoms with Crippen LogP contribution in [0.25, 0.3) is 6.08 Å². The summed E-state index contributed by atoms with van der Waals surface area (Å²) in [5, 5.41) is 9.87. The molecule has 138 valence electrons. The number of carbonyl (C=O) groups is 1. The van der Waals surface area contributed by atoms with Gasteiger partial charge in [0.05, 0.1) is 10.9 Å². The third kappa shape index (κ3) is 5.33. The molecule has 7 nitrogen and oxygen atoms in total. The first-order valence-corrected chi connectivity index (χ1v) is 9.60. The summed E-state index contributed by atoms with van der Waals surface area (Å²) in [6.45, 7) is 1.62. The Morgan fingerprint density at radius 3 is 2.42 bits per heavy atom. The van der Waals surface area contributed by atoms with Crippen molar-refractivity contribution in [2.75, 3.05) is 6.26 Å². The SMILES string of the molecule is CC(/C=C/c1cccc(Oc2ccc(S(C)(=O)=O)cc2)c1)N(O)C(N)=O. The smallest absolute Gasteiger partial charge is 0.339 e. The number of urea groups is 1. The summed E-state index contributed by atoms with van der Waals surface area (Å²) in [5.41, 5.74) is 5.79. The second-order valence-electron chi connectivity index (χ2n) is 5.70. The van der Waals surface area contributed by atoms with E-state index in [1.54, 1.807) is 49.4 Å².